The van der Waals surface area contributed by atoms with Crippen LogP contribution in [0.2, 0.25) is 0 Å². The van der Waals surface area contributed by atoms with Gasteiger partial charge in [0.1, 0.15) is 5.58 Å². The Hall–Kier alpha value is -6.19. The first-order valence-electron chi connectivity index (χ1n) is 15.5. The lowest BCUT2D eigenvalue weighted by Crippen LogP contribution is -2.10. The summed E-state index contributed by atoms with van der Waals surface area (Å²) >= 11 is 0. The summed E-state index contributed by atoms with van der Waals surface area (Å²) < 4.78 is 6.44. The standard InChI is InChI=1S/C43H28N2O/c1-3-9-29(10-4-1)31-18-22-35(23-19-31)45(36-14-7-13-34(27-36)30-11-5-2-6-12-30)37-24-20-32-16-17-33-21-25-38-39-15-8-26-44-43(39)46-42(38)41(33)40(32)28-37/h1-28H. The minimum Gasteiger partial charge on any atom is -0.437 e. The van der Waals surface area contributed by atoms with Crippen LogP contribution in [0.3, 0.4) is 0 Å². The Morgan fingerprint density at radius 3 is 1.85 bits per heavy atom. The second kappa shape index (κ2) is 10.8. The van der Waals surface area contributed by atoms with Crippen molar-refractivity contribution in [1.29, 1.82) is 0 Å². The quantitative estimate of drug-likeness (QED) is 0.187. The minimum absolute atomic E-state index is 0.663. The molecule has 2 aromatic heterocycles. The van der Waals surface area contributed by atoms with E-state index in [1.54, 1.807) is 6.20 Å². The summed E-state index contributed by atoms with van der Waals surface area (Å²) in [7, 11) is 0. The predicted molar refractivity (Wildman–Crippen MR) is 192 cm³/mol. The summed E-state index contributed by atoms with van der Waals surface area (Å²) in [5.41, 5.74) is 9.54. The fourth-order valence-electron chi connectivity index (χ4n) is 6.67. The molecule has 2 heterocycles. The normalized spacial score (nSPS) is 11.5. The van der Waals surface area contributed by atoms with E-state index in [2.05, 4.69) is 168 Å². The molecule has 0 saturated carbocycles. The van der Waals surface area contributed by atoms with Gasteiger partial charge in [-0.15, -0.1) is 0 Å². The topological polar surface area (TPSA) is 29.3 Å². The number of aromatic nitrogens is 1. The first-order valence-corrected chi connectivity index (χ1v) is 15.5. The zero-order valence-electron chi connectivity index (χ0n) is 25.0. The molecule has 7 aromatic carbocycles. The Morgan fingerprint density at radius 1 is 0.413 bits per heavy atom. The van der Waals surface area contributed by atoms with Crippen LogP contribution >= 0.6 is 0 Å². The zero-order chi connectivity index (χ0) is 30.5. The minimum atomic E-state index is 0.663. The molecule has 0 aliphatic carbocycles. The fraction of sp³-hybridized carbons (Fsp3) is 0. The van der Waals surface area contributed by atoms with Crippen LogP contribution in [0.1, 0.15) is 0 Å². The molecule has 0 aliphatic heterocycles. The highest BCUT2D eigenvalue weighted by atomic mass is 16.3. The highest BCUT2D eigenvalue weighted by Gasteiger charge is 2.17. The highest BCUT2D eigenvalue weighted by Crippen LogP contribution is 2.42. The molecule has 3 heteroatoms. The van der Waals surface area contributed by atoms with Crippen LogP contribution in [-0.4, -0.2) is 4.98 Å². The number of rotatable bonds is 5. The molecule has 0 N–H and O–H groups in total. The molecule has 0 spiro atoms. The largest absolute Gasteiger partial charge is 0.437 e. The molecule has 0 amide bonds. The van der Waals surface area contributed by atoms with Crippen molar-refractivity contribution in [3.63, 3.8) is 0 Å². The number of hydrogen-bond donors (Lipinski definition) is 0. The van der Waals surface area contributed by atoms with Gasteiger partial charge in [-0.1, -0.05) is 109 Å². The van der Waals surface area contributed by atoms with E-state index in [4.69, 9.17) is 4.42 Å². The molecular formula is C43H28N2O. The average Bonchev–Trinajstić information content (AvgIpc) is 3.52. The van der Waals surface area contributed by atoms with Crippen molar-refractivity contribution >= 4 is 60.7 Å². The molecular weight excluding hydrogens is 560 g/mol. The Morgan fingerprint density at radius 2 is 1.04 bits per heavy atom. The molecule has 9 aromatic rings. The summed E-state index contributed by atoms with van der Waals surface area (Å²) in [6.07, 6.45) is 1.79. The van der Waals surface area contributed by atoms with Gasteiger partial charge in [-0.2, -0.15) is 0 Å². The second-order valence-corrected chi connectivity index (χ2v) is 11.6. The predicted octanol–water partition coefficient (Wildman–Crippen LogP) is 12.1. The van der Waals surface area contributed by atoms with Crippen molar-refractivity contribution in [1.82, 2.24) is 4.98 Å². The maximum absolute atomic E-state index is 6.44. The summed E-state index contributed by atoms with van der Waals surface area (Å²) in [5, 5.41) is 6.66. The van der Waals surface area contributed by atoms with E-state index in [0.29, 0.717) is 5.71 Å². The van der Waals surface area contributed by atoms with Gasteiger partial charge in [0.2, 0.25) is 5.71 Å². The third kappa shape index (κ3) is 4.41. The van der Waals surface area contributed by atoms with E-state index in [1.807, 2.05) is 6.07 Å². The van der Waals surface area contributed by atoms with Crippen LogP contribution in [0.5, 0.6) is 0 Å². The second-order valence-electron chi connectivity index (χ2n) is 11.6. The Labute approximate surface area is 266 Å². The van der Waals surface area contributed by atoms with Crippen LogP contribution < -0.4 is 4.90 Å². The molecule has 46 heavy (non-hydrogen) atoms. The maximum Gasteiger partial charge on any atom is 0.227 e. The molecule has 9 rings (SSSR count). The molecule has 216 valence electrons. The van der Waals surface area contributed by atoms with E-state index in [9.17, 15) is 0 Å². The molecule has 0 unspecified atom stereocenters. The van der Waals surface area contributed by atoms with Gasteiger partial charge in [0.25, 0.3) is 0 Å². The van der Waals surface area contributed by atoms with Gasteiger partial charge < -0.3 is 9.32 Å². The first-order chi connectivity index (χ1) is 22.8. The summed E-state index contributed by atoms with van der Waals surface area (Å²) in [6.45, 7) is 0. The maximum atomic E-state index is 6.44. The van der Waals surface area contributed by atoms with Crippen molar-refractivity contribution in [2.45, 2.75) is 0 Å². The van der Waals surface area contributed by atoms with Gasteiger partial charge >= 0.3 is 0 Å². The number of pyridine rings is 1. The monoisotopic (exact) mass is 588 g/mol. The molecule has 0 aliphatic rings. The molecule has 0 saturated heterocycles. The Balaban J connectivity index is 1.27. The fourth-order valence-corrected chi connectivity index (χ4v) is 6.67. The van der Waals surface area contributed by atoms with Crippen molar-refractivity contribution in [2.24, 2.45) is 0 Å². The molecule has 3 nitrogen and oxygen atoms in total. The summed E-state index contributed by atoms with van der Waals surface area (Å²) in [4.78, 5) is 6.86. The molecule has 0 bridgehead atoms. The van der Waals surface area contributed by atoms with Crippen molar-refractivity contribution in [2.75, 3.05) is 4.90 Å². The first kappa shape index (κ1) is 26.2. The Kier molecular flexibility index (Phi) is 6.14. The van der Waals surface area contributed by atoms with E-state index < -0.39 is 0 Å². The Bertz CT molecular complexity index is 2520. The van der Waals surface area contributed by atoms with Crippen LogP contribution in [0.25, 0.3) is 65.9 Å². The molecule has 0 radical (unpaired) electrons. The van der Waals surface area contributed by atoms with E-state index in [1.165, 1.54) is 22.3 Å². The SMILES string of the molecule is c1ccc(-c2ccc(N(c3cccc(-c4ccccc4)c3)c3ccc4ccc5ccc6c7cccnc7oc6c5c4c3)cc2)cc1. The van der Waals surface area contributed by atoms with Crippen LogP contribution in [0.4, 0.5) is 17.1 Å². The number of nitrogens with zero attached hydrogens (tertiary/aromatic N) is 2. The van der Waals surface area contributed by atoms with Crippen LogP contribution in [0.15, 0.2) is 174 Å². The van der Waals surface area contributed by atoms with Gasteiger partial charge in [-0.05, 0) is 93.0 Å². The van der Waals surface area contributed by atoms with Gasteiger partial charge in [-0.3, -0.25) is 0 Å². The van der Waals surface area contributed by atoms with Crippen LogP contribution in [-0.2, 0) is 0 Å². The number of anilines is 3. The lowest BCUT2D eigenvalue weighted by atomic mass is 9.98. The lowest BCUT2D eigenvalue weighted by molar-refractivity contribution is 0.658. The summed E-state index contributed by atoms with van der Waals surface area (Å²) in [6, 6.07) is 58.2. The van der Waals surface area contributed by atoms with Gasteiger partial charge in [0.15, 0.2) is 0 Å². The zero-order valence-corrected chi connectivity index (χ0v) is 25.0. The van der Waals surface area contributed by atoms with E-state index in [-0.39, 0.29) is 0 Å². The van der Waals surface area contributed by atoms with E-state index in [0.717, 1.165) is 55.0 Å². The summed E-state index contributed by atoms with van der Waals surface area (Å²) in [5.74, 6) is 0. The third-order valence-corrected chi connectivity index (χ3v) is 8.90. The average molecular weight is 589 g/mol. The van der Waals surface area contributed by atoms with Gasteiger partial charge in [-0.25, -0.2) is 4.98 Å². The van der Waals surface area contributed by atoms with Gasteiger partial charge in [0.05, 0.1) is 0 Å². The highest BCUT2D eigenvalue weighted by molar-refractivity contribution is 6.23. The third-order valence-electron chi connectivity index (χ3n) is 8.90. The molecule has 0 atom stereocenters. The number of benzene rings is 7. The number of hydrogen-bond acceptors (Lipinski definition) is 3. The van der Waals surface area contributed by atoms with E-state index >= 15 is 0 Å². The van der Waals surface area contributed by atoms with Crippen molar-refractivity contribution in [3.05, 3.63) is 170 Å². The number of fused-ring (bicyclic) bond motifs is 7. The van der Waals surface area contributed by atoms with Crippen molar-refractivity contribution in [3.8, 4) is 22.3 Å². The molecule has 0 fully saturated rings. The van der Waals surface area contributed by atoms with Crippen molar-refractivity contribution < 1.29 is 4.42 Å². The smallest absolute Gasteiger partial charge is 0.227 e. The lowest BCUT2D eigenvalue weighted by Gasteiger charge is -2.27. The van der Waals surface area contributed by atoms with Crippen LogP contribution in [0, 0.1) is 0 Å². The van der Waals surface area contributed by atoms with Gasteiger partial charge in [0, 0.05) is 39.4 Å². The number of furan rings is 1.